The van der Waals surface area contributed by atoms with E-state index in [1.54, 1.807) is 19.1 Å². The van der Waals surface area contributed by atoms with Gasteiger partial charge in [-0.15, -0.1) is 0 Å². The molecule has 1 aliphatic rings. The van der Waals surface area contributed by atoms with Gasteiger partial charge in [-0.25, -0.2) is 4.79 Å². The summed E-state index contributed by atoms with van der Waals surface area (Å²) in [5.41, 5.74) is 1.83. The molecule has 1 aliphatic heterocycles. The average Bonchev–Trinajstić information content (AvgIpc) is 2.38. The number of rotatable bonds is 3. The van der Waals surface area contributed by atoms with E-state index in [-0.39, 0.29) is 5.91 Å². The first-order valence-electron chi connectivity index (χ1n) is 5.77. The molecule has 0 aromatic heterocycles. The second kappa shape index (κ2) is 5.08. The van der Waals surface area contributed by atoms with Gasteiger partial charge < -0.3 is 14.8 Å². The van der Waals surface area contributed by atoms with Crippen molar-refractivity contribution in [3.05, 3.63) is 23.8 Å². The van der Waals surface area contributed by atoms with Gasteiger partial charge in [-0.1, -0.05) is 0 Å². The number of carbonyl (C=O) groups excluding carboxylic acids is 2. The van der Waals surface area contributed by atoms with Crippen LogP contribution in [-0.2, 0) is 20.7 Å². The van der Waals surface area contributed by atoms with Crippen LogP contribution < -0.4 is 10.1 Å². The van der Waals surface area contributed by atoms with E-state index in [1.807, 2.05) is 6.07 Å². The van der Waals surface area contributed by atoms with Crippen LogP contribution in [0.2, 0.25) is 0 Å². The molecule has 0 bridgehead atoms. The Morgan fingerprint density at radius 1 is 1.39 bits per heavy atom. The maximum atomic E-state index is 11.2. The number of anilines is 1. The molecule has 0 saturated heterocycles. The van der Waals surface area contributed by atoms with Crippen LogP contribution in [0.3, 0.4) is 0 Å². The van der Waals surface area contributed by atoms with E-state index in [9.17, 15) is 9.59 Å². The Morgan fingerprint density at radius 3 is 2.89 bits per heavy atom. The summed E-state index contributed by atoms with van der Waals surface area (Å²) in [5.74, 6) is 0.211. The fraction of sp³-hybridized carbons (Fsp3) is 0.385. The smallest absolute Gasteiger partial charge is 0.346 e. The van der Waals surface area contributed by atoms with E-state index >= 15 is 0 Å². The summed E-state index contributed by atoms with van der Waals surface area (Å²) >= 11 is 0. The number of ether oxygens (including phenoxy) is 2. The third-order valence-corrected chi connectivity index (χ3v) is 2.82. The lowest BCUT2D eigenvalue weighted by Crippen LogP contribution is -2.25. The summed E-state index contributed by atoms with van der Waals surface area (Å²) < 4.78 is 10.1. The van der Waals surface area contributed by atoms with Crippen molar-refractivity contribution in [2.45, 2.75) is 25.9 Å². The Hall–Kier alpha value is -2.04. The van der Waals surface area contributed by atoms with Gasteiger partial charge in [0.25, 0.3) is 0 Å². The van der Waals surface area contributed by atoms with E-state index in [1.165, 1.54) is 7.11 Å². The highest BCUT2D eigenvalue weighted by atomic mass is 16.6. The summed E-state index contributed by atoms with van der Waals surface area (Å²) in [5, 5.41) is 2.79. The molecule has 1 amide bonds. The highest BCUT2D eigenvalue weighted by molar-refractivity contribution is 5.94. The van der Waals surface area contributed by atoms with Crippen LogP contribution in [0, 0.1) is 0 Å². The third kappa shape index (κ3) is 2.61. The van der Waals surface area contributed by atoms with Crippen molar-refractivity contribution >= 4 is 17.6 Å². The van der Waals surface area contributed by atoms with Crippen molar-refractivity contribution in [1.82, 2.24) is 0 Å². The van der Waals surface area contributed by atoms with Gasteiger partial charge in [-0.3, -0.25) is 4.79 Å². The number of fused-ring (bicyclic) bond motifs is 1. The average molecular weight is 249 g/mol. The molecule has 0 radical (unpaired) electrons. The maximum absolute atomic E-state index is 11.2. The number of hydrogen-bond donors (Lipinski definition) is 1. The Morgan fingerprint density at radius 2 is 2.17 bits per heavy atom. The molecule has 1 heterocycles. The van der Waals surface area contributed by atoms with Crippen molar-refractivity contribution in [1.29, 1.82) is 0 Å². The second-order valence-electron chi connectivity index (χ2n) is 4.15. The van der Waals surface area contributed by atoms with Gasteiger partial charge in [0.15, 0.2) is 6.10 Å². The van der Waals surface area contributed by atoms with Gasteiger partial charge in [0.05, 0.1) is 7.11 Å². The summed E-state index contributed by atoms with van der Waals surface area (Å²) in [6.45, 7) is 1.63. The van der Waals surface area contributed by atoms with E-state index in [4.69, 9.17) is 4.74 Å². The van der Waals surface area contributed by atoms with Crippen LogP contribution in [0.25, 0.3) is 0 Å². The Kier molecular flexibility index (Phi) is 3.50. The molecule has 96 valence electrons. The van der Waals surface area contributed by atoms with Crippen LogP contribution in [-0.4, -0.2) is 25.1 Å². The van der Waals surface area contributed by atoms with Gasteiger partial charge in [0.2, 0.25) is 5.91 Å². The summed E-state index contributed by atoms with van der Waals surface area (Å²) in [6.07, 6.45) is 0.514. The SMILES string of the molecule is COC(=O)C(C)Oc1ccc2c(c1)CCC(=O)N2. The molecule has 1 N–H and O–H groups in total. The Bertz CT molecular complexity index is 484. The molecule has 1 atom stereocenters. The predicted molar refractivity (Wildman–Crippen MR) is 65.5 cm³/mol. The second-order valence-corrected chi connectivity index (χ2v) is 4.15. The fourth-order valence-electron chi connectivity index (χ4n) is 1.85. The molecule has 18 heavy (non-hydrogen) atoms. The van der Waals surface area contributed by atoms with Gasteiger partial charge in [-0.05, 0) is 37.1 Å². The van der Waals surface area contributed by atoms with Crippen LogP contribution in [0.1, 0.15) is 18.9 Å². The molecular formula is C13H15NO4. The van der Waals surface area contributed by atoms with E-state index < -0.39 is 12.1 Å². The summed E-state index contributed by atoms with van der Waals surface area (Å²) in [4.78, 5) is 22.5. The summed E-state index contributed by atoms with van der Waals surface area (Å²) in [7, 11) is 1.32. The number of hydrogen-bond acceptors (Lipinski definition) is 4. The molecule has 1 aromatic carbocycles. The minimum absolute atomic E-state index is 0.0269. The number of aryl methyl sites for hydroxylation is 1. The molecule has 0 spiro atoms. The van der Waals surface area contributed by atoms with Crippen molar-refractivity contribution in [3.8, 4) is 5.75 Å². The zero-order valence-electron chi connectivity index (χ0n) is 10.4. The third-order valence-electron chi connectivity index (χ3n) is 2.82. The normalized spacial score (nSPS) is 15.3. The number of methoxy groups -OCH3 is 1. The van der Waals surface area contributed by atoms with Gasteiger partial charge in [0, 0.05) is 12.1 Å². The number of nitrogens with one attached hydrogen (secondary N) is 1. The van der Waals surface area contributed by atoms with Crippen molar-refractivity contribution in [2.75, 3.05) is 12.4 Å². The largest absolute Gasteiger partial charge is 0.479 e. The molecule has 1 unspecified atom stereocenters. The number of amides is 1. The highest BCUT2D eigenvalue weighted by Gasteiger charge is 2.18. The highest BCUT2D eigenvalue weighted by Crippen LogP contribution is 2.27. The molecule has 2 rings (SSSR count). The monoisotopic (exact) mass is 249 g/mol. The van der Waals surface area contributed by atoms with Crippen LogP contribution in [0.4, 0.5) is 5.69 Å². The molecule has 1 aromatic rings. The quantitative estimate of drug-likeness (QED) is 0.825. The van der Waals surface area contributed by atoms with Gasteiger partial charge in [0.1, 0.15) is 5.75 Å². The molecule has 0 fully saturated rings. The molecule has 0 aliphatic carbocycles. The molecule has 0 saturated carbocycles. The lowest BCUT2D eigenvalue weighted by Gasteiger charge is -2.19. The summed E-state index contributed by atoms with van der Waals surface area (Å²) in [6, 6.07) is 5.35. The lowest BCUT2D eigenvalue weighted by atomic mass is 10.0. The fourth-order valence-corrected chi connectivity index (χ4v) is 1.85. The minimum atomic E-state index is -0.647. The van der Waals surface area contributed by atoms with Crippen molar-refractivity contribution < 1.29 is 19.1 Å². The first-order chi connectivity index (χ1) is 8.60. The zero-order chi connectivity index (χ0) is 13.1. The van der Waals surface area contributed by atoms with E-state index in [0.29, 0.717) is 18.6 Å². The van der Waals surface area contributed by atoms with Crippen molar-refractivity contribution in [3.63, 3.8) is 0 Å². The van der Waals surface area contributed by atoms with Gasteiger partial charge in [-0.2, -0.15) is 0 Å². The van der Waals surface area contributed by atoms with Crippen molar-refractivity contribution in [2.24, 2.45) is 0 Å². The molecule has 5 heteroatoms. The lowest BCUT2D eigenvalue weighted by molar-refractivity contribution is -0.147. The standard InChI is InChI=1S/C13H15NO4/c1-8(13(16)17-2)18-10-4-5-11-9(7-10)3-6-12(15)14-11/h4-5,7-8H,3,6H2,1-2H3,(H,14,15). The predicted octanol–water partition coefficient (Wildman–Crippen LogP) is 1.51. The van der Waals surface area contributed by atoms with Crippen LogP contribution in [0.5, 0.6) is 5.75 Å². The number of esters is 1. The van der Waals surface area contributed by atoms with Crippen LogP contribution in [0.15, 0.2) is 18.2 Å². The van der Waals surface area contributed by atoms with E-state index in [0.717, 1.165) is 11.3 Å². The maximum Gasteiger partial charge on any atom is 0.346 e. The number of benzene rings is 1. The topological polar surface area (TPSA) is 64.6 Å². The van der Waals surface area contributed by atoms with Crippen LogP contribution >= 0.6 is 0 Å². The Labute approximate surface area is 105 Å². The zero-order valence-corrected chi connectivity index (χ0v) is 10.4. The molecular weight excluding hydrogens is 234 g/mol. The minimum Gasteiger partial charge on any atom is -0.479 e. The Balaban J connectivity index is 2.12. The number of carbonyl (C=O) groups is 2. The first kappa shape index (κ1) is 12.4. The van der Waals surface area contributed by atoms with E-state index in [2.05, 4.69) is 10.1 Å². The van der Waals surface area contributed by atoms with Gasteiger partial charge >= 0.3 is 5.97 Å². The molecule has 5 nitrogen and oxygen atoms in total. The first-order valence-corrected chi connectivity index (χ1v) is 5.77.